The maximum absolute atomic E-state index is 11.1. The second kappa shape index (κ2) is 7.77. The number of H-pyrrole nitrogens is 1. The number of fused-ring (bicyclic) bond motifs is 1. The summed E-state index contributed by atoms with van der Waals surface area (Å²) in [4.78, 5) is 36.7. The molecule has 2 aromatic rings. The molecule has 2 unspecified atom stereocenters. The van der Waals surface area contributed by atoms with E-state index in [1.165, 1.54) is 31.3 Å². The number of nitro groups is 1. The molecule has 0 fully saturated rings. The zero-order chi connectivity index (χ0) is 16.8. The van der Waals surface area contributed by atoms with Crippen LogP contribution in [0.5, 0.6) is 0 Å². The van der Waals surface area contributed by atoms with E-state index in [1.807, 2.05) is 6.92 Å². The van der Waals surface area contributed by atoms with Crippen molar-refractivity contribution in [3.63, 3.8) is 0 Å². The summed E-state index contributed by atoms with van der Waals surface area (Å²) in [6, 6.07) is -1.49. The average Bonchev–Trinajstić information content (AvgIpc) is 3.03. The molecular formula is C13H16N6O3S. The van der Waals surface area contributed by atoms with Gasteiger partial charge in [0.05, 0.1) is 6.33 Å². The first-order valence-electron chi connectivity index (χ1n) is 7.00. The summed E-state index contributed by atoms with van der Waals surface area (Å²) in [6.07, 6.45) is 5.00. The molecule has 122 valence electrons. The first-order chi connectivity index (χ1) is 11.1. The van der Waals surface area contributed by atoms with Crippen molar-refractivity contribution in [2.24, 2.45) is 5.18 Å². The molecular weight excluding hydrogens is 320 g/mol. The normalized spacial score (nSPS) is 14.6. The van der Waals surface area contributed by atoms with Crippen LogP contribution in [0.4, 0.5) is 0 Å². The molecule has 1 N–H and O–H groups in total. The molecule has 2 atom stereocenters. The van der Waals surface area contributed by atoms with E-state index in [-0.39, 0.29) is 4.92 Å². The fraction of sp³-hybridized carbons (Fsp3) is 0.462. The summed E-state index contributed by atoms with van der Waals surface area (Å²) in [5.41, 5.74) is 1.83. The third kappa shape index (κ3) is 4.09. The highest BCUT2D eigenvalue weighted by Crippen LogP contribution is 2.24. The first kappa shape index (κ1) is 17.0. The van der Waals surface area contributed by atoms with Gasteiger partial charge in [-0.1, -0.05) is 12.1 Å². The third-order valence-corrected chi connectivity index (χ3v) is 4.47. The highest BCUT2D eigenvalue weighted by molar-refractivity contribution is 7.99. The molecule has 0 bridgehead atoms. The molecule has 0 radical (unpaired) electrons. The molecule has 10 heteroatoms. The van der Waals surface area contributed by atoms with Crippen molar-refractivity contribution in [2.75, 3.05) is 5.75 Å². The van der Waals surface area contributed by atoms with E-state index < -0.39 is 12.1 Å². The van der Waals surface area contributed by atoms with Gasteiger partial charge in [0.2, 0.25) is 6.04 Å². The van der Waals surface area contributed by atoms with Crippen LogP contribution in [0, 0.1) is 15.0 Å². The smallest absolute Gasteiger partial charge is 0.231 e. The largest absolute Gasteiger partial charge is 0.341 e. The quantitative estimate of drug-likeness (QED) is 0.196. The van der Waals surface area contributed by atoms with Crippen LogP contribution in [0.15, 0.2) is 34.5 Å². The summed E-state index contributed by atoms with van der Waals surface area (Å²) in [5, 5.41) is 14.6. The number of aromatic amines is 1. The van der Waals surface area contributed by atoms with Crippen LogP contribution in [-0.4, -0.2) is 42.7 Å². The fourth-order valence-corrected chi connectivity index (χ4v) is 2.96. The van der Waals surface area contributed by atoms with Crippen molar-refractivity contribution in [3.8, 4) is 0 Å². The molecule has 0 saturated heterocycles. The Balaban J connectivity index is 2.12. The maximum atomic E-state index is 11.1. The Kier molecular flexibility index (Phi) is 5.74. The summed E-state index contributed by atoms with van der Waals surface area (Å²) < 4.78 is 0. The number of aromatic nitrogens is 4. The molecule has 9 nitrogen and oxygen atoms in total. The van der Waals surface area contributed by atoms with Gasteiger partial charge in [-0.05, 0) is 12.5 Å². The van der Waals surface area contributed by atoms with Gasteiger partial charge in [-0.25, -0.2) is 15.0 Å². The van der Waals surface area contributed by atoms with E-state index in [0.717, 1.165) is 0 Å². The van der Waals surface area contributed by atoms with Crippen molar-refractivity contribution < 1.29 is 4.92 Å². The van der Waals surface area contributed by atoms with Crippen molar-refractivity contribution in [3.05, 3.63) is 39.3 Å². The van der Waals surface area contributed by atoms with Crippen LogP contribution in [0.25, 0.3) is 11.2 Å². The molecule has 0 spiro atoms. The Bertz CT molecular complexity index is 731. The maximum Gasteiger partial charge on any atom is 0.231 e. The number of thioether (sulfide) groups is 1. The Morgan fingerprint density at radius 2 is 2.30 bits per heavy atom. The first-order valence-corrected chi connectivity index (χ1v) is 7.98. The Morgan fingerprint density at radius 1 is 1.52 bits per heavy atom. The van der Waals surface area contributed by atoms with Gasteiger partial charge in [0.1, 0.15) is 22.9 Å². The van der Waals surface area contributed by atoms with Gasteiger partial charge in [0.15, 0.2) is 5.65 Å². The van der Waals surface area contributed by atoms with Crippen molar-refractivity contribution in [1.29, 1.82) is 0 Å². The minimum atomic E-state index is -0.826. The zero-order valence-corrected chi connectivity index (χ0v) is 13.5. The summed E-state index contributed by atoms with van der Waals surface area (Å²) >= 11 is 1.33. The van der Waals surface area contributed by atoms with E-state index >= 15 is 0 Å². The molecule has 0 aromatic carbocycles. The molecule has 0 aliphatic carbocycles. The van der Waals surface area contributed by atoms with E-state index in [2.05, 4.69) is 25.1 Å². The van der Waals surface area contributed by atoms with Gasteiger partial charge in [0.25, 0.3) is 0 Å². The summed E-state index contributed by atoms with van der Waals surface area (Å²) in [6.45, 7) is 3.32. The number of nitrogens with one attached hydrogen (secondary N) is 1. The summed E-state index contributed by atoms with van der Waals surface area (Å²) in [7, 11) is 0. The lowest BCUT2D eigenvalue weighted by atomic mass is 10.0. The van der Waals surface area contributed by atoms with E-state index in [0.29, 0.717) is 33.9 Å². The highest BCUT2D eigenvalue weighted by atomic mass is 32.2. The molecule has 2 rings (SSSR count). The third-order valence-electron chi connectivity index (χ3n) is 3.38. The van der Waals surface area contributed by atoms with E-state index in [9.17, 15) is 15.0 Å². The van der Waals surface area contributed by atoms with Gasteiger partial charge < -0.3 is 4.98 Å². The molecule has 2 heterocycles. The standard InChI is InChI=1S/C13H16N6O3S/c1-3-9(8(2)19(21)22)4-10(18-20)5-23-13-11-12(15-6-14-11)16-7-17-13/h4,6-8,10H,3,5H2,1-2H3,(H,14,15,16,17). The van der Waals surface area contributed by atoms with Gasteiger partial charge in [-0.15, -0.1) is 11.8 Å². The minimum Gasteiger partial charge on any atom is -0.341 e. The second-order valence-corrected chi connectivity index (χ2v) is 5.83. The van der Waals surface area contributed by atoms with Crippen LogP contribution < -0.4 is 0 Å². The molecule has 0 aliphatic rings. The van der Waals surface area contributed by atoms with Crippen LogP contribution >= 0.6 is 11.8 Å². The van der Waals surface area contributed by atoms with Crippen molar-refractivity contribution in [1.82, 2.24) is 19.9 Å². The van der Waals surface area contributed by atoms with Gasteiger partial charge >= 0.3 is 0 Å². The monoisotopic (exact) mass is 336 g/mol. The molecule has 23 heavy (non-hydrogen) atoms. The zero-order valence-electron chi connectivity index (χ0n) is 12.7. The fourth-order valence-electron chi connectivity index (χ4n) is 2.06. The van der Waals surface area contributed by atoms with E-state index in [4.69, 9.17) is 0 Å². The van der Waals surface area contributed by atoms with Crippen LogP contribution in [-0.2, 0) is 0 Å². The SMILES string of the molecule is CCC(=CC(CSc1ncnc2nc[nH]c12)N=O)C(C)[N+](=O)[O-]. The highest BCUT2D eigenvalue weighted by Gasteiger charge is 2.20. The second-order valence-electron chi connectivity index (χ2n) is 4.82. The predicted octanol–water partition coefficient (Wildman–Crippen LogP) is 2.58. The number of hydrogen-bond donors (Lipinski definition) is 1. The summed E-state index contributed by atoms with van der Waals surface area (Å²) in [5.74, 6) is 0.336. The van der Waals surface area contributed by atoms with Crippen molar-refractivity contribution in [2.45, 2.75) is 37.4 Å². The number of imidazole rings is 1. The number of rotatable bonds is 8. The van der Waals surface area contributed by atoms with E-state index in [1.54, 1.807) is 6.08 Å². The van der Waals surface area contributed by atoms with Gasteiger partial charge in [-0.3, -0.25) is 10.1 Å². The van der Waals surface area contributed by atoms with Gasteiger partial charge in [-0.2, -0.15) is 4.91 Å². The number of nitroso groups, excluding NO2 is 1. The predicted molar refractivity (Wildman–Crippen MR) is 86.8 cm³/mol. The van der Waals surface area contributed by atoms with Crippen LogP contribution in [0.2, 0.25) is 0 Å². The van der Waals surface area contributed by atoms with Crippen molar-refractivity contribution >= 4 is 22.9 Å². The number of nitrogens with zero attached hydrogens (tertiary/aromatic N) is 5. The topological polar surface area (TPSA) is 127 Å². The van der Waals surface area contributed by atoms with Gasteiger partial charge in [0, 0.05) is 23.2 Å². The lowest BCUT2D eigenvalue weighted by Crippen LogP contribution is -2.19. The molecule has 0 saturated carbocycles. The lowest BCUT2D eigenvalue weighted by molar-refractivity contribution is -0.508. The molecule has 2 aromatic heterocycles. The Labute approximate surface area is 136 Å². The Hall–Kier alpha value is -2.36. The number of hydrogen-bond acceptors (Lipinski definition) is 8. The van der Waals surface area contributed by atoms with Crippen LogP contribution in [0.3, 0.4) is 0 Å². The molecule has 0 amide bonds. The lowest BCUT2D eigenvalue weighted by Gasteiger charge is -2.10. The van der Waals surface area contributed by atoms with Crippen LogP contribution in [0.1, 0.15) is 20.3 Å². The minimum absolute atomic E-state index is 0.336. The Morgan fingerprint density at radius 3 is 2.96 bits per heavy atom. The molecule has 0 aliphatic heterocycles. The average molecular weight is 336 g/mol.